The van der Waals surface area contributed by atoms with Gasteiger partial charge in [0, 0.05) is 18.0 Å². The van der Waals surface area contributed by atoms with Gasteiger partial charge in [0.05, 0.1) is 11.2 Å². The molecule has 3 rings (SSSR count). The van der Waals surface area contributed by atoms with Gasteiger partial charge in [0.15, 0.2) is 0 Å². The minimum absolute atomic E-state index is 0.150. The van der Waals surface area contributed by atoms with Crippen LogP contribution in [0.1, 0.15) is 30.5 Å². The van der Waals surface area contributed by atoms with Gasteiger partial charge < -0.3 is 5.73 Å². The smallest absolute Gasteiger partial charge is 0.0684 e. The highest BCUT2D eigenvalue weighted by molar-refractivity contribution is 5.82. The summed E-state index contributed by atoms with van der Waals surface area (Å²) in [5.41, 5.74) is 9.97. The van der Waals surface area contributed by atoms with Gasteiger partial charge in [0.2, 0.25) is 0 Å². The first-order valence-electron chi connectivity index (χ1n) is 6.29. The summed E-state index contributed by atoms with van der Waals surface area (Å²) in [4.78, 5) is 0. The fraction of sp³-hybridized carbons (Fsp3) is 0.500. The van der Waals surface area contributed by atoms with Crippen LogP contribution in [0.25, 0.3) is 10.9 Å². The van der Waals surface area contributed by atoms with Crippen molar-refractivity contribution in [2.24, 2.45) is 12.8 Å². The molecular formula is C14H19N3. The molecule has 0 unspecified atom stereocenters. The molecule has 2 N–H and O–H groups in total. The zero-order chi connectivity index (χ0) is 12.0. The van der Waals surface area contributed by atoms with Crippen molar-refractivity contribution in [3.05, 3.63) is 29.5 Å². The second-order valence-electron chi connectivity index (χ2n) is 5.42. The number of hydrogen-bond acceptors (Lipinski definition) is 2. The van der Waals surface area contributed by atoms with Crippen LogP contribution in [0.2, 0.25) is 0 Å². The highest BCUT2D eigenvalue weighted by Crippen LogP contribution is 2.36. The predicted octanol–water partition coefficient (Wildman–Crippen LogP) is 2.31. The summed E-state index contributed by atoms with van der Waals surface area (Å²) in [6.45, 7) is 2.06. The van der Waals surface area contributed by atoms with Gasteiger partial charge >= 0.3 is 0 Å². The number of rotatable bonds is 3. The quantitative estimate of drug-likeness (QED) is 0.877. The number of fused-ring (bicyclic) bond motifs is 1. The Morgan fingerprint density at radius 1 is 1.41 bits per heavy atom. The molecule has 0 spiro atoms. The molecule has 1 heterocycles. The third kappa shape index (κ3) is 1.95. The number of aromatic nitrogens is 2. The molecule has 90 valence electrons. The maximum absolute atomic E-state index is 6.12. The van der Waals surface area contributed by atoms with Gasteiger partial charge in [0.1, 0.15) is 0 Å². The second kappa shape index (κ2) is 3.57. The van der Waals surface area contributed by atoms with Crippen LogP contribution in [-0.2, 0) is 13.5 Å². The summed E-state index contributed by atoms with van der Waals surface area (Å²) in [5.74, 6) is 0. The minimum Gasteiger partial charge on any atom is -0.325 e. The van der Waals surface area contributed by atoms with Crippen LogP contribution in [0, 0.1) is 6.92 Å². The normalized spacial score (nSPS) is 17.6. The van der Waals surface area contributed by atoms with Gasteiger partial charge in [-0.2, -0.15) is 5.10 Å². The number of nitrogens with zero attached hydrogens (tertiary/aromatic N) is 2. The molecule has 0 amide bonds. The van der Waals surface area contributed by atoms with Crippen LogP contribution < -0.4 is 5.73 Å². The van der Waals surface area contributed by atoms with Crippen LogP contribution in [-0.4, -0.2) is 15.3 Å². The van der Waals surface area contributed by atoms with Crippen LogP contribution in [0.5, 0.6) is 0 Å². The van der Waals surface area contributed by atoms with Crippen LogP contribution in [0.15, 0.2) is 18.2 Å². The fourth-order valence-electron chi connectivity index (χ4n) is 2.44. The fourth-order valence-corrected chi connectivity index (χ4v) is 2.44. The van der Waals surface area contributed by atoms with Gasteiger partial charge in [-0.1, -0.05) is 12.1 Å². The highest BCUT2D eigenvalue weighted by Gasteiger charge is 2.37. The maximum atomic E-state index is 6.12. The van der Waals surface area contributed by atoms with Crippen molar-refractivity contribution in [3.8, 4) is 0 Å². The Bertz CT molecular complexity index is 564. The summed E-state index contributed by atoms with van der Waals surface area (Å²) >= 11 is 0. The Morgan fingerprint density at radius 2 is 2.18 bits per heavy atom. The van der Waals surface area contributed by atoms with E-state index in [1.165, 1.54) is 29.3 Å². The molecule has 1 saturated carbocycles. The largest absolute Gasteiger partial charge is 0.325 e. The summed E-state index contributed by atoms with van der Waals surface area (Å²) in [6.07, 6.45) is 4.58. The van der Waals surface area contributed by atoms with Crippen molar-refractivity contribution in [1.82, 2.24) is 9.78 Å². The molecule has 0 saturated heterocycles. The molecule has 1 aromatic carbocycles. The lowest BCUT2D eigenvalue weighted by Crippen LogP contribution is -2.22. The van der Waals surface area contributed by atoms with E-state index in [1.807, 2.05) is 11.7 Å². The standard InChI is InChI=1S/C14H19N3/c1-10-12-4-3-11(5-6-14(15)7-8-14)9-13(12)17(2)16-10/h3-4,9H,5-8,15H2,1-2H3. The van der Waals surface area contributed by atoms with Crippen molar-refractivity contribution >= 4 is 10.9 Å². The minimum atomic E-state index is 0.150. The van der Waals surface area contributed by atoms with Crippen LogP contribution >= 0.6 is 0 Å². The lowest BCUT2D eigenvalue weighted by Gasteiger charge is -2.08. The van der Waals surface area contributed by atoms with E-state index in [2.05, 4.69) is 30.2 Å². The highest BCUT2D eigenvalue weighted by atomic mass is 15.3. The van der Waals surface area contributed by atoms with Gasteiger partial charge in [-0.3, -0.25) is 4.68 Å². The van der Waals surface area contributed by atoms with E-state index in [-0.39, 0.29) is 5.54 Å². The molecule has 1 fully saturated rings. The molecule has 17 heavy (non-hydrogen) atoms. The number of benzene rings is 1. The number of hydrogen-bond donors (Lipinski definition) is 1. The third-order valence-electron chi connectivity index (χ3n) is 3.90. The molecular weight excluding hydrogens is 210 g/mol. The van der Waals surface area contributed by atoms with Crippen molar-refractivity contribution in [2.45, 2.75) is 38.1 Å². The average Bonchev–Trinajstić information content (AvgIpc) is 2.98. The molecule has 1 aliphatic rings. The van der Waals surface area contributed by atoms with Crippen molar-refractivity contribution in [1.29, 1.82) is 0 Å². The first kappa shape index (κ1) is 10.8. The monoisotopic (exact) mass is 229 g/mol. The van der Waals surface area contributed by atoms with Gasteiger partial charge in [-0.05, 0) is 44.2 Å². The zero-order valence-corrected chi connectivity index (χ0v) is 10.5. The van der Waals surface area contributed by atoms with Crippen LogP contribution in [0.3, 0.4) is 0 Å². The zero-order valence-electron chi connectivity index (χ0n) is 10.5. The summed E-state index contributed by atoms with van der Waals surface area (Å²) in [5, 5.41) is 5.70. The van der Waals surface area contributed by atoms with E-state index in [9.17, 15) is 0 Å². The molecule has 0 aliphatic heterocycles. The van der Waals surface area contributed by atoms with Gasteiger partial charge in [-0.15, -0.1) is 0 Å². The molecule has 0 bridgehead atoms. The molecule has 0 radical (unpaired) electrons. The molecule has 3 nitrogen and oxygen atoms in total. The second-order valence-corrected chi connectivity index (χ2v) is 5.42. The number of aryl methyl sites for hydroxylation is 3. The lowest BCUT2D eigenvalue weighted by molar-refractivity contribution is 0.609. The van der Waals surface area contributed by atoms with Crippen LogP contribution in [0.4, 0.5) is 0 Å². The average molecular weight is 229 g/mol. The van der Waals surface area contributed by atoms with E-state index in [0.29, 0.717) is 0 Å². The van der Waals surface area contributed by atoms with Gasteiger partial charge in [0.25, 0.3) is 0 Å². The SMILES string of the molecule is Cc1nn(C)c2cc(CCC3(N)CC3)ccc12. The lowest BCUT2D eigenvalue weighted by atomic mass is 10.0. The topological polar surface area (TPSA) is 43.8 Å². The third-order valence-corrected chi connectivity index (χ3v) is 3.90. The molecule has 1 aromatic heterocycles. The van der Waals surface area contributed by atoms with E-state index < -0.39 is 0 Å². The Kier molecular flexibility index (Phi) is 2.26. The molecule has 1 aliphatic carbocycles. The Labute approximate surface area is 102 Å². The molecule has 2 aromatic rings. The predicted molar refractivity (Wildman–Crippen MR) is 69.9 cm³/mol. The van der Waals surface area contributed by atoms with Crippen molar-refractivity contribution in [2.75, 3.05) is 0 Å². The molecule has 0 atom stereocenters. The van der Waals surface area contributed by atoms with E-state index in [1.54, 1.807) is 0 Å². The van der Waals surface area contributed by atoms with Gasteiger partial charge in [-0.25, -0.2) is 0 Å². The van der Waals surface area contributed by atoms with E-state index in [4.69, 9.17) is 5.73 Å². The summed E-state index contributed by atoms with van der Waals surface area (Å²) in [7, 11) is 2.00. The van der Waals surface area contributed by atoms with Crippen molar-refractivity contribution in [3.63, 3.8) is 0 Å². The first-order valence-corrected chi connectivity index (χ1v) is 6.29. The summed E-state index contributed by atoms with van der Waals surface area (Å²) in [6, 6.07) is 6.65. The first-order chi connectivity index (χ1) is 8.07. The summed E-state index contributed by atoms with van der Waals surface area (Å²) < 4.78 is 1.96. The van der Waals surface area contributed by atoms with E-state index in [0.717, 1.165) is 18.5 Å². The Hall–Kier alpha value is -1.35. The Morgan fingerprint density at radius 3 is 2.88 bits per heavy atom. The van der Waals surface area contributed by atoms with E-state index >= 15 is 0 Å². The number of nitrogens with two attached hydrogens (primary N) is 1. The molecule has 3 heteroatoms. The van der Waals surface area contributed by atoms with Crippen molar-refractivity contribution < 1.29 is 0 Å². The Balaban J connectivity index is 1.88. The maximum Gasteiger partial charge on any atom is 0.0684 e.